The molecule has 1 aromatic heterocycles. The zero-order valence-corrected chi connectivity index (χ0v) is 19.9. The van der Waals surface area contributed by atoms with E-state index in [4.69, 9.17) is 19.2 Å². The summed E-state index contributed by atoms with van der Waals surface area (Å²) >= 11 is 0. The summed E-state index contributed by atoms with van der Waals surface area (Å²) in [5, 5.41) is 2.97. The smallest absolute Gasteiger partial charge is 0.256 e. The van der Waals surface area contributed by atoms with Gasteiger partial charge in [0.1, 0.15) is 11.4 Å². The van der Waals surface area contributed by atoms with Gasteiger partial charge >= 0.3 is 0 Å². The number of methoxy groups -OCH3 is 3. The van der Waals surface area contributed by atoms with Gasteiger partial charge in [0.2, 0.25) is 5.75 Å². The highest BCUT2D eigenvalue weighted by molar-refractivity contribution is 5.99. The van der Waals surface area contributed by atoms with Crippen molar-refractivity contribution in [3.8, 4) is 28.6 Å². The van der Waals surface area contributed by atoms with Gasteiger partial charge in [-0.25, -0.2) is 9.97 Å². The minimum Gasteiger partial charge on any atom is -0.493 e. The van der Waals surface area contributed by atoms with Crippen LogP contribution in [0.15, 0.2) is 18.3 Å². The summed E-state index contributed by atoms with van der Waals surface area (Å²) in [6.45, 7) is 3.88. The number of hydrogen-bond donors (Lipinski definition) is 1. The minimum absolute atomic E-state index is 0.0186. The third-order valence-corrected chi connectivity index (χ3v) is 5.81. The number of aromatic nitrogens is 2. The van der Waals surface area contributed by atoms with Crippen molar-refractivity contribution in [1.82, 2.24) is 15.3 Å². The highest BCUT2D eigenvalue weighted by atomic mass is 16.5. The number of benzene rings is 1. The van der Waals surface area contributed by atoms with Crippen LogP contribution in [-0.2, 0) is 0 Å². The van der Waals surface area contributed by atoms with Crippen LogP contribution in [0.5, 0.6) is 17.2 Å². The molecule has 0 bridgehead atoms. The Bertz CT molecular complexity index is 917. The minimum atomic E-state index is -0.172. The van der Waals surface area contributed by atoms with Gasteiger partial charge in [0.25, 0.3) is 5.91 Å². The van der Waals surface area contributed by atoms with Crippen LogP contribution in [0.1, 0.15) is 56.3 Å². The van der Waals surface area contributed by atoms with E-state index in [-0.39, 0.29) is 11.9 Å². The highest BCUT2D eigenvalue weighted by Crippen LogP contribution is 2.41. The standard InChI is InChI=1S/C24H34N4O4/c1-15(2)26-24(29)18-14-25-22(27-23(18)28(3)17-10-8-7-9-11-17)16-12-19(30-4)21(32-6)20(13-16)31-5/h12-15,17H,7-11H2,1-6H3,(H,26,29). The second-order valence-electron chi connectivity index (χ2n) is 8.38. The summed E-state index contributed by atoms with van der Waals surface area (Å²) in [7, 11) is 6.73. The summed E-state index contributed by atoms with van der Waals surface area (Å²) in [5.74, 6) is 2.50. The van der Waals surface area contributed by atoms with E-state index < -0.39 is 0 Å². The molecule has 1 N–H and O–H groups in total. The number of hydrogen-bond acceptors (Lipinski definition) is 7. The van der Waals surface area contributed by atoms with Crippen molar-refractivity contribution in [2.45, 2.75) is 58.0 Å². The van der Waals surface area contributed by atoms with Crippen LogP contribution in [0.3, 0.4) is 0 Å². The maximum absolute atomic E-state index is 12.9. The Morgan fingerprint density at radius 1 is 1.06 bits per heavy atom. The average Bonchev–Trinajstić information content (AvgIpc) is 2.82. The first-order valence-corrected chi connectivity index (χ1v) is 11.1. The third kappa shape index (κ3) is 5.06. The van der Waals surface area contributed by atoms with Crippen molar-refractivity contribution >= 4 is 11.7 Å². The maximum Gasteiger partial charge on any atom is 0.256 e. The van der Waals surface area contributed by atoms with Crippen LogP contribution < -0.4 is 24.4 Å². The maximum atomic E-state index is 12.9. The molecule has 1 fully saturated rings. The molecule has 1 aromatic carbocycles. The molecule has 1 aliphatic rings. The van der Waals surface area contributed by atoms with Gasteiger partial charge in [-0.2, -0.15) is 0 Å². The van der Waals surface area contributed by atoms with Crippen molar-refractivity contribution in [2.24, 2.45) is 0 Å². The summed E-state index contributed by atoms with van der Waals surface area (Å²) in [5.41, 5.74) is 1.19. The van der Waals surface area contributed by atoms with Gasteiger partial charge < -0.3 is 24.4 Å². The molecule has 8 heteroatoms. The fourth-order valence-corrected chi connectivity index (χ4v) is 4.13. The SMILES string of the molecule is COc1cc(-c2ncc(C(=O)NC(C)C)c(N(C)C3CCCCC3)n2)cc(OC)c1OC. The molecule has 0 unspecified atom stereocenters. The molecule has 3 rings (SSSR count). The van der Waals surface area contributed by atoms with Gasteiger partial charge in [-0.1, -0.05) is 19.3 Å². The van der Waals surface area contributed by atoms with Crippen molar-refractivity contribution in [3.05, 3.63) is 23.9 Å². The Morgan fingerprint density at radius 3 is 2.22 bits per heavy atom. The molecule has 1 aliphatic carbocycles. The van der Waals surface area contributed by atoms with E-state index in [0.29, 0.717) is 46.1 Å². The molecular formula is C24H34N4O4. The van der Waals surface area contributed by atoms with E-state index in [0.717, 1.165) is 12.8 Å². The van der Waals surface area contributed by atoms with E-state index in [2.05, 4.69) is 15.2 Å². The summed E-state index contributed by atoms with van der Waals surface area (Å²) in [4.78, 5) is 24.4. The quantitative estimate of drug-likeness (QED) is 0.659. The zero-order valence-electron chi connectivity index (χ0n) is 19.9. The first-order chi connectivity index (χ1) is 15.4. The molecular weight excluding hydrogens is 408 g/mol. The van der Waals surface area contributed by atoms with Crippen LogP contribution in [0.25, 0.3) is 11.4 Å². The average molecular weight is 443 g/mol. The lowest BCUT2D eigenvalue weighted by molar-refractivity contribution is 0.0943. The number of anilines is 1. The van der Waals surface area contributed by atoms with Crippen molar-refractivity contribution < 1.29 is 19.0 Å². The number of carbonyl (C=O) groups excluding carboxylic acids is 1. The number of amides is 1. The molecule has 0 radical (unpaired) electrons. The molecule has 0 spiro atoms. The Morgan fingerprint density at radius 2 is 1.69 bits per heavy atom. The normalized spacial score (nSPS) is 14.2. The molecule has 0 atom stereocenters. The molecule has 174 valence electrons. The van der Waals surface area contributed by atoms with Crippen molar-refractivity contribution in [1.29, 1.82) is 0 Å². The molecule has 2 aromatic rings. The molecule has 8 nitrogen and oxygen atoms in total. The van der Waals surface area contributed by atoms with Crippen LogP contribution in [-0.4, -0.2) is 56.3 Å². The Hall–Kier alpha value is -3.03. The van der Waals surface area contributed by atoms with E-state index >= 15 is 0 Å². The van der Waals surface area contributed by atoms with Crippen LogP contribution in [0.4, 0.5) is 5.82 Å². The first-order valence-electron chi connectivity index (χ1n) is 11.1. The van der Waals surface area contributed by atoms with Gasteiger partial charge in [0, 0.05) is 30.9 Å². The van der Waals surface area contributed by atoms with E-state index in [1.165, 1.54) is 19.3 Å². The van der Waals surface area contributed by atoms with Gasteiger partial charge in [0.05, 0.1) is 21.3 Å². The molecule has 32 heavy (non-hydrogen) atoms. The van der Waals surface area contributed by atoms with E-state index in [1.54, 1.807) is 27.5 Å². The summed E-state index contributed by atoms with van der Waals surface area (Å²) in [6, 6.07) is 3.99. The monoisotopic (exact) mass is 442 g/mol. The lowest BCUT2D eigenvalue weighted by Crippen LogP contribution is -2.37. The molecule has 1 saturated carbocycles. The second kappa shape index (κ2) is 10.5. The second-order valence-corrected chi connectivity index (χ2v) is 8.38. The van der Waals surface area contributed by atoms with Crippen molar-refractivity contribution in [2.75, 3.05) is 33.3 Å². The van der Waals surface area contributed by atoms with Crippen LogP contribution in [0, 0.1) is 0 Å². The Kier molecular flexibility index (Phi) is 7.77. The van der Waals surface area contributed by atoms with Gasteiger partial charge in [0.15, 0.2) is 17.3 Å². The number of ether oxygens (including phenoxy) is 3. The Balaban J connectivity index is 2.09. The van der Waals surface area contributed by atoms with Crippen LogP contribution in [0.2, 0.25) is 0 Å². The van der Waals surface area contributed by atoms with E-state index in [9.17, 15) is 4.79 Å². The largest absolute Gasteiger partial charge is 0.493 e. The topological polar surface area (TPSA) is 85.8 Å². The molecule has 0 saturated heterocycles. The first kappa shape index (κ1) is 23.6. The number of rotatable bonds is 8. The zero-order chi connectivity index (χ0) is 23.3. The van der Waals surface area contributed by atoms with Gasteiger partial charge in [-0.3, -0.25) is 4.79 Å². The van der Waals surface area contributed by atoms with E-state index in [1.807, 2.05) is 33.0 Å². The molecule has 1 heterocycles. The fraction of sp³-hybridized carbons (Fsp3) is 0.542. The molecule has 0 aliphatic heterocycles. The lowest BCUT2D eigenvalue weighted by Gasteiger charge is -2.33. The van der Waals surface area contributed by atoms with Gasteiger partial charge in [-0.05, 0) is 38.8 Å². The number of nitrogens with zero attached hydrogens (tertiary/aromatic N) is 3. The van der Waals surface area contributed by atoms with Gasteiger partial charge in [-0.15, -0.1) is 0 Å². The Labute approximate surface area is 190 Å². The number of carbonyl (C=O) groups is 1. The third-order valence-electron chi connectivity index (χ3n) is 5.81. The van der Waals surface area contributed by atoms with Crippen molar-refractivity contribution in [3.63, 3.8) is 0 Å². The predicted molar refractivity (Wildman–Crippen MR) is 125 cm³/mol. The predicted octanol–water partition coefficient (Wildman–Crippen LogP) is 4.08. The summed E-state index contributed by atoms with van der Waals surface area (Å²) in [6.07, 6.45) is 7.42. The molecule has 1 amide bonds. The number of nitrogens with one attached hydrogen (secondary N) is 1. The fourth-order valence-electron chi connectivity index (χ4n) is 4.13. The van der Waals surface area contributed by atoms with Crippen LogP contribution >= 0.6 is 0 Å². The highest BCUT2D eigenvalue weighted by Gasteiger charge is 2.26. The lowest BCUT2D eigenvalue weighted by atomic mass is 9.94. The summed E-state index contributed by atoms with van der Waals surface area (Å²) < 4.78 is 16.4.